The molecule has 2 rings (SSSR count). The third kappa shape index (κ3) is 4.00. The van der Waals surface area contributed by atoms with Crippen molar-refractivity contribution in [2.24, 2.45) is 0 Å². The fourth-order valence-corrected chi connectivity index (χ4v) is 2.18. The molecule has 0 aromatic heterocycles. The van der Waals surface area contributed by atoms with E-state index in [9.17, 15) is 5.11 Å². The topological polar surface area (TPSA) is 32.7 Å². The van der Waals surface area contributed by atoms with E-state index in [1.165, 1.54) is 5.56 Å². The monoisotopic (exact) mass is 271 g/mol. The van der Waals surface area contributed by atoms with Crippen LogP contribution in [0.4, 0.5) is 0 Å². The van der Waals surface area contributed by atoms with E-state index < -0.39 is 0 Å². The number of likely N-dealkylation sites (N-methyl/N-ethyl adjacent to an activating group) is 1. The molecule has 2 aromatic carbocycles. The van der Waals surface area contributed by atoms with E-state index in [-0.39, 0.29) is 5.75 Å². The normalized spacial score (nSPS) is 10.8. The Kier molecular flexibility index (Phi) is 5.02. The minimum atomic E-state index is 0.184. The lowest BCUT2D eigenvalue weighted by molar-refractivity contribution is 0.328. The zero-order chi connectivity index (χ0) is 14.4. The van der Waals surface area contributed by atoms with Crippen LogP contribution in [0.2, 0.25) is 0 Å². The third-order valence-electron chi connectivity index (χ3n) is 3.32. The van der Waals surface area contributed by atoms with Crippen LogP contribution < -0.4 is 4.74 Å². The molecule has 20 heavy (non-hydrogen) atoms. The fraction of sp³-hybridized carbons (Fsp3) is 0.294. The molecule has 106 valence electrons. The SMILES string of the molecule is COc1cc(CN(C)CCc2ccccc2)ccc1O. The molecular formula is C17H21NO2. The molecule has 3 heteroatoms. The summed E-state index contributed by atoms with van der Waals surface area (Å²) in [7, 11) is 3.67. The van der Waals surface area contributed by atoms with Gasteiger partial charge in [-0.25, -0.2) is 0 Å². The Labute approximate surface area is 120 Å². The molecule has 0 atom stereocenters. The van der Waals surface area contributed by atoms with Crippen LogP contribution in [0.1, 0.15) is 11.1 Å². The zero-order valence-corrected chi connectivity index (χ0v) is 12.0. The number of hydrogen-bond acceptors (Lipinski definition) is 3. The summed E-state index contributed by atoms with van der Waals surface area (Å²) < 4.78 is 5.13. The maximum absolute atomic E-state index is 9.58. The molecule has 0 aliphatic heterocycles. The molecule has 0 saturated carbocycles. The second-order valence-electron chi connectivity index (χ2n) is 4.98. The molecule has 1 N–H and O–H groups in total. The number of phenolic OH excluding ortho intramolecular Hbond substituents is 1. The number of nitrogens with zero attached hydrogens (tertiary/aromatic N) is 1. The zero-order valence-electron chi connectivity index (χ0n) is 12.0. The number of phenols is 1. The van der Waals surface area contributed by atoms with Gasteiger partial charge < -0.3 is 14.7 Å². The van der Waals surface area contributed by atoms with Gasteiger partial charge in [0.15, 0.2) is 11.5 Å². The first-order chi connectivity index (χ1) is 9.69. The largest absolute Gasteiger partial charge is 0.504 e. The van der Waals surface area contributed by atoms with Gasteiger partial charge in [0.2, 0.25) is 0 Å². The van der Waals surface area contributed by atoms with Crippen molar-refractivity contribution in [2.75, 3.05) is 20.7 Å². The maximum Gasteiger partial charge on any atom is 0.160 e. The molecule has 0 radical (unpaired) electrons. The summed E-state index contributed by atoms with van der Waals surface area (Å²) in [6.45, 7) is 1.83. The molecule has 0 aliphatic rings. The first-order valence-corrected chi connectivity index (χ1v) is 6.77. The lowest BCUT2D eigenvalue weighted by atomic mass is 10.1. The molecule has 0 unspecified atom stereocenters. The van der Waals surface area contributed by atoms with E-state index in [2.05, 4.69) is 36.2 Å². The highest BCUT2D eigenvalue weighted by molar-refractivity contribution is 5.41. The van der Waals surface area contributed by atoms with E-state index in [4.69, 9.17) is 4.74 Å². The average molecular weight is 271 g/mol. The van der Waals surface area contributed by atoms with Crippen LogP contribution in [-0.2, 0) is 13.0 Å². The summed E-state index contributed by atoms with van der Waals surface area (Å²) in [6.07, 6.45) is 1.03. The number of benzene rings is 2. The number of ether oxygens (including phenoxy) is 1. The first kappa shape index (κ1) is 14.4. The smallest absolute Gasteiger partial charge is 0.160 e. The lowest BCUT2D eigenvalue weighted by Crippen LogP contribution is -2.20. The second-order valence-corrected chi connectivity index (χ2v) is 4.98. The summed E-state index contributed by atoms with van der Waals surface area (Å²) in [5, 5.41) is 9.58. The first-order valence-electron chi connectivity index (χ1n) is 6.77. The molecule has 0 saturated heterocycles. The number of rotatable bonds is 6. The Hall–Kier alpha value is -2.00. The standard InChI is InChI=1S/C17H21NO2/c1-18(11-10-14-6-4-3-5-7-14)13-15-8-9-16(19)17(12-15)20-2/h3-9,12,19H,10-11,13H2,1-2H3. The van der Waals surface area contributed by atoms with Crippen molar-refractivity contribution in [3.63, 3.8) is 0 Å². The molecule has 0 aliphatic carbocycles. The van der Waals surface area contributed by atoms with Crippen LogP contribution in [0.25, 0.3) is 0 Å². The highest BCUT2D eigenvalue weighted by Crippen LogP contribution is 2.26. The van der Waals surface area contributed by atoms with Gasteiger partial charge in [-0.2, -0.15) is 0 Å². The Morgan fingerprint density at radius 1 is 1.05 bits per heavy atom. The van der Waals surface area contributed by atoms with Crippen LogP contribution in [0.15, 0.2) is 48.5 Å². The molecular weight excluding hydrogens is 250 g/mol. The van der Waals surface area contributed by atoms with Crippen LogP contribution in [-0.4, -0.2) is 30.7 Å². The van der Waals surface area contributed by atoms with Gasteiger partial charge in [-0.3, -0.25) is 0 Å². The predicted molar refractivity (Wildman–Crippen MR) is 81.1 cm³/mol. The fourth-order valence-electron chi connectivity index (χ4n) is 2.18. The molecule has 3 nitrogen and oxygen atoms in total. The van der Waals surface area contributed by atoms with E-state index >= 15 is 0 Å². The van der Waals surface area contributed by atoms with Crippen molar-refractivity contribution >= 4 is 0 Å². The van der Waals surface area contributed by atoms with Crippen molar-refractivity contribution < 1.29 is 9.84 Å². The summed E-state index contributed by atoms with van der Waals surface area (Å²) in [6, 6.07) is 16.0. The number of aromatic hydroxyl groups is 1. The van der Waals surface area contributed by atoms with Crippen LogP contribution in [0.3, 0.4) is 0 Å². The predicted octanol–water partition coefficient (Wildman–Crippen LogP) is 3.08. The minimum Gasteiger partial charge on any atom is -0.504 e. The van der Waals surface area contributed by atoms with Gasteiger partial charge in [-0.1, -0.05) is 36.4 Å². The Bertz CT molecular complexity index is 540. The Morgan fingerprint density at radius 3 is 2.50 bits per heavy atom. The molecule has 0 bridgehead atoms. The van der Waals surface area contributed by atoms with E-state index in [0.717, 1.165) is 25.1 Å². The summed E-state index contributed by atoms with van der Waals surface area (Å²) >= 11 is 0. The van der Waals surface area contributed by atoms with Crippen molar-refractivity contribution in [1.82, 2.24) is 4.90 Å². The van der Waals surface area contributed by atoms with Gasteiger partial charge in [-0.15, -0.1) is 0 Å². The number of hydrogen-bond donors (Lipinski definition) is 1. The van der Waals surface area contributed by atoms with Gasteiger partial charge in [0.1, 0.15) is 0 Å². The van der Waals surface area contributed by atoms with Crippen LogP contribution in [0.5, 0.6) is 11.5 Å². The van der Waals surface area contributed by atoms with Gasteiger partial charge >= 0.3 is 0 Å². The lowest BCUT2D eigenvalue weighted by Gasteiger charge is -2.17. The van der Waals surface area contributed by atoms with E-state index in [1.54, 1.807) is 13.2 Å². The third-order valence-corrected chi connectivity index (χ3v) is 3.32. The molecule has 0 heterocycles. The molecule has 0 amide bonds. The molecule has 2 aromatic rings. The summed E-state index contributed by atoms with van der Waals surface area (Å²) in [5.41, 5.74) is 2.48. The number of methoxy groups -OCH3 is 1. The molecule has 0 spiro atoms. The van der Waals surface area contributed by atoms with Gasteiger partial charge in [0.25, 0.3) is 0 Å². The highest BCUT2D eigenvalue weighted by atomic mass is 16.5. The minimum absolute atomic E-state index is 0.184. The second kappa shape index (κ2) is 6.96. The maximum atomic E-state index is 9.58. The van der Waals surface area contributed by atoms with Gasteiger partial charge in [-0.05, 0) is 36.7 Å². The average Bonchev–Trinajstić information content (AvgIpc) is 2.48. The van der Waals surface area contributed by atoms with E-state index in [0.29, 0.717) is 5.75 Å². The Morgan fingerprint density at radius 2 is 1.80 bits per heavy atom. The van der Waals surface area contributed by atoms with E-state index in [1.807, 2.05) is 18.2 Å². The van der Waals surface area contributed by atoms with Crippen molar-refractivity contribution in [2.45, 2.75) is 13.0 Å². The Balaban J connectivity index is 1.89. The highest BCUT2D eigenvalue weighted by Gasteiger charge is 2.05. The van der Waals surface area contributed by atoms with Gasteiger partial charge in [0, 0.05) is 13.1 Å². The van der Waals surface area contributed by atoms with Crippen LogP contribution in [0, 0.1) is 0 Å². The van der Waals surface area contributed by atoms with Crippen molar-refractivity contribution in [3.8, 4) is 11.5 Å². The van der Waals surface area contributed by atoms with Crippen molar-refractivity contribution in [3.05, 3.63) is 59.7 Å². The molecule has 0 fully saturated rings. The quantitative estimate of drug-likeness (QED) is 0.876. The van der Waals surface area contributed by atoms with Crippen LogP contribution >= 0.6 is 0 Å². The van der Waals surface area contributed by atoms with Gasteiger partial charge in [0.05, 0.1) is 7.11 Å². The summed E-state index contributed by atoms with van der Waals surface area (Å²) in [4.78, 5) is 2.26. The summed E-state index contributed by atoms with van der Waals surface area (Å²) in [5.74, 6) is 0.710. The van der Waals surface area contributed by atoms with Crippen molar-refractivity contribution in [1.29, 1.82) is 0 Å².